The van der Waals surface area contributed by atoms with Crippen molar-refractivity contribution >= 4 is 17.3 Å². The van der Waals surface area contributed by atoms with Crippen LogP contribution in [-0.4, -0.2) is 60.2 Å². The average Bonchev–Trinajstić information content (AvgIpc) is 2.83. The van der Waals surface area contributed by atoms with E-state index in [-0.39, 0.29) is 29.4 Å². The second kappa shape index (κ2) is 9.95. The molecule has 4 rings (SSSR count). The Kier molecular flexibility index (Phi) is 6.83. The van der Waals surface area contributed by atoms with Crippen molar-refractivity contribution < 1.29 is 18.3 Å². The lowest BCUT2D eigenvalue weighted by molar-refractivity contribution is 0.276. The molecule has 33 heavy (non-hydrogen) atoms. The Balaban J connectivity index is 1.36. The number of ether oxygens (including phenoxy) is 2. The highest BCUT2D eigenvalue weighted by molar-refractivity contribution is 5.56. The van der Waals surface area contributed by atoms with E-state index in [1.807, 2.05) is 12.1 Å². The summed E-state index contributed by atoms with van der Waals surface area (Å²) in [5.41, 5.74) is 0.818. The summed E-state index contributed by atoms with van der Waals surface area (Å²) in [6.45, 7) is 5.13. The number of aromatic nitrogens is 3. The Hall–Kier alpha value is -3.53. The molecule has 0 unspecified atom stereocenters. The molecule has 3 heterocycles. The summed E-state index contributed by atoms with van der Waals surface area (Å²) in [6, 6.07) is 5.21. The van der Waals surface area contributed by atoms with Crippen molar-refractivity contribution in [1.82, 2.24) is 19.9 Å². The minimum absolute atomic E-state index is 0.0367. The third-order valence-corrected chi connectivity index (χ3v) is 5.50. The van der Waals surface area contributed by atoms with Gasteiger partial charge < -0.3 is 24.6 Å². The van der Waals surface area contributed by atoms with E-state index in [2.05, 4.69) is 37.1 Å². The number of piperazine rings is 1. The normalized spacial score (nSPS) is 14.3. The standard InChI is InChI=1S/C23H26F2N6O2/c1-15-10-18(32-3)23(25)17(22(15)24)14-33-21-13-26-19(12-28-21)29-16-4-5-20(27-11-16)31-8-6-30(2)7-9-31/h4-5,10-13H,6-9,14H2,1-3H3,(H,26,29). The van der Waals surface area contributed by atoms with Gasteiger partial charge in [0.05, 0.1) is 37.0 Å². The highest BCUT2D eigenvalue weighted by atomic mass is 19.1. The van der Waals surface area contributed by atoms with Crippen molar-refractivity contribution in [2.45, 2.75) is 13.5 Å². The highest BCUT2D eigenvalue weighted by Crippen LogP contribution is 2.27. The van der Waals surface area contributed by atoms with Gasteiger partial charge in [0.25, 0.3) is 0 Å². The van der Waals surface area contributed by atoms with Crippen LogP contribution >= 0.6 is 0 Å². The van der Waals surface area contributed by atoms with E-state index in [0.29, 0.717) is 5.82 Å². The summed E-state index contributed by atoms with van der Waals surface area (Å²) in [4.78, 5) is 17.5. The number of methoxy groups -OCH3 is 1. The fourth-order valence-corrected chi connectivity index (χ4v) is 3.51. The van der Waals surface area contributed by atoms with Gasteiger partial charge in [-0.1, -0.05) is 0 Å². The molecule has 174 valence electrons. The van der Waals surface area contributed by atoms with Crippen LogP contribution in [0.25, 0.3) is 0 Å². The molecule has 1 aliphatic rings. The molecule has 10 heteroatoms. The van der Waals surface area contributed by atoms with E-state index >= 15 is 0 Å². The van der Waals surface area contributed by atoms with Gasteiger partial charge in [-0.15, -0.1) is 0 Å². The van der Waals surface area contributed by atoms with Crippen molar-refractivity contribution in [3.63, 3.8) is 0 Å². The van der Waals surface area contributed by atoms with Crippen LogP contribution in [0.15, 0.2) is 36.8 Å². The molecule has 1 fully saturated rings. The maximum absolute atomic E-state index is 14.4. The van der Waals surface area contributed by atoms with Gasteiger partial charge in [-0.3, -0.25) is 0 Å². The lowest BCUT2D eigenvalue weighted by Gasteiger charge is -2.33. The van der Waals surface area contributed by atoms with Crippen molar-refractivity contribution in [3.05, 3.63) is 59.6 Å². The highest BCUT2D eigenvalue weighted by Gasteiger charge is 2.18. The topological polar surface area (TPSA) is 75.6 Å². The van der Waals surface area contributed by atoms with Gasteiger partial charge in [-0.05, 0) is 37.7 Å². The van der Waals surface area contributed by atoms with E-state index in [0.717, 1.165) is 37.7 Å². The second-order valence-corrected chi connectivity index (χ2v) is 7.85. The largest absolute Gasteiger partial charge is 0.494 e. The Morgan fingerprint density at radius 1 is 1.00 bits per heavy atom. The fourth-order valence-electron chi connectivity index (χ4n) is 3.51. The van der Waals surface area contributed by atoms with Crippen LogP contribution in [0.1, 0.15) is 11.1 Å². The maximum atomic E-state index is 14.4. The molecule has 1 aromatic carbocycles. The predicted octanol–water partition coefficient (Wildman–Crippen LogP) is 3.54. The predicted molar refractivity (Wildman–Crippen MR) is 121 cm³/mol. The minimum atomic E-state index is -0.792. The van der Waals surface area contributed by atoms with Crippen LogP contribution in [0.5, 0.6) is 11.6 Å². The van der Waals surface area contributed by atoms with Gasteiger partial charge in [-0.2, -0.15) is 0 Å². The van der Waals surface area contributed by atoms with Gasteiger partial charge in [-0.25, -0.2) is 23.7 Å². The summed E-state index contributed by atoms with van der Waals surface area (Å²) in [5.74, 6) is 0.0713. The van der Waals surface area contributed by atoms with Crippen LogP contribution in [0.2, 0.25) is 0 Å². The number of anilines is 3. The first-order chi connectivity index (χ1) is 15.9. The Morgan fingerprint density at radius 3 is 2.42 bits per heavy atom. The lowest BCUT2D eigenvalue weighted by Crippen LogP contribution is -2.44. The number of nitrogens with zero attached hydrogens (tertiary/aromatic N) is 5. The molecule has 1 aliphatic heterocycles. The molecule has 1 saturated heterocycles. The molecule has 2 aromatic heterocycles. The first kappa shape index (κ1) is 22.7. The maximum Gasteiger partial charge on any atom is 0.232 e. The summed E-state index contributed by atoms with van der Waals surface area (Å²) >= 11 is 0. The van der Waals surface area contributed by atoms with Crippen molar-refractivity contribution in [1.29, 1.82) is 0 Å². The minimum Gasteiger partial charge on any atom is -0.494 e. The molecule has 0 saturated carbocycles. The van der Waals surface area contributed by atoms with E-state index < -0.39 is 11.6 Å². The number of hydrogen-bond acceptors (Lipinski definition) is 8. The van der Waals surface area contributed by atoms with E-state index in [4.69, 9.17) is 9.47 Å². The van der Waals surface area contributed by atoms with E-state index in [9.17, 15) is 8.78 Å². The van der Waals surface area contributed by atoms with Gasteiger partial charge in [0.1, 0.15) is 24.1 Å². The van der Waals surface area contributed by atoms with E-state index in [1.54, 1.807) is 6.20 Å². The first-order valence-electron chi connectivity index (χ1n) is 10.6. The summed E-state index contributed by atoms with van der Waals surface area (Å²) in [6.07, 6.45) is 4.61. The molecular formula is C23H26F2N6O2. The van der Waals surface area contributed by atoms with Crippen LogP contribution in [0, 0.1) is 18.6 Å². The first-order valence-corrected chi connectivity index (χ1v) is 10.6. The molecule has 8 nitrogen and oxygen atoms in total. The zero-order chi connectivity index (χ0) is 23.4. The Labute approximate surface area is 191 Å². The molecule has 3 aromatic rings. The molecule has 1 N–H and O–H groups in total. The quantitative estimate of drug-likeness (QED) is 0.579. The monoisotopic (exact) mass is 456 g/mol. The number of benzene rings is 1. The number of nitrogens with one attached hydrogen (secondary N) is 1. The molecule has 0 atom stereocenters. The van der Waals surface area contributed by atoms with E-state index in [1.165, 1.54) is 32.5 Å². The van der Waals surface area contributed by atoms with Crippen LogP contribution < -0.4 is 19.7 Å². The SMILES string of the molecule is COc1cc(C)c(F)c(COc2cnc(Nc3ccc(N4CCN(C)CC4)nc3)cn2)c1F. The lowest BCUT2D eigenvalue weighted by atomic mass is 10.1. The summed E-state index contributed by atoms with van der Waals surface area (Å²) in [5, 5.41) is 3.13. The average molecular weight is 456 g/mol. The smallest absolute Gasteiger partial charge is 0.232 e. The zero-order valence-electron chi connectivity index (χ0n) is 18.8. The van der Waals surface area contributed by atoms with Crippen LogP contribution in [0.4, 0.5) is 26.1 Å². The van der Waals surface area contributed by atoms with Crippen molar-refractivity contribution in [2.24, 2.45) is 0 Å². The van der Waals surface area contributed by atoms with Gasteiger partial charge in [0.15, 0.2) is 11.6 Å². The third-order valence-electron chi connectivity index (χ3n) is 5.50. The molecule has 0 radical (unpaired) electrons. The number of hydrogen-bond donors (Lipinski definition) is 1. The Morgan fingerprint density at radius 2 is 1.79 bits per heavy atom. The number of rotatable bonds is 7. The molecule has 0 aliphatic carbocycles. The number of aryl methyl sites for hydroxylation is 1. The molecule has 0 bridgehead atoms. The zero-order valence-corrected chi connectivity index (χ0v) is 18.8. The fraction of sp³-hybridized carbons (Fsp3) is 0.348. The molecule has 0 spiro atoms. The third kappa shape index (κ3) is 5.28. The number of halogens is 2. The summed E-state index contributed by atoms with van der Waals surface area (Å²) in [7, 11) is 3.44. The van der Waals surface area contributed by atoms with Gasteiger partial charge in [0.2, 0.25) is 5.88 Å². The van der Waals surface area contributed by atoms with Crippen LogP contribution in [-0.2, 0) is 6.61 Å². The molecule has 0 amide bonds. The Bertz CT molecular complexity index is 1090. The second-order valence-electron chi connectivity index (χ2n) is 7.85. The van der Waals surface area contributed by atoms with Crippen LogP contribution in [0.3, 0.4) is 0 Å². The molecular weight excluding hydrogens is 430 g/mol. The van der Waals surface area contributed by atoms with Gasteiger partial charge in [0, 0.05) is 26.2 Å². The summed E-state index contributed by atoms with van der Waals surface area (Å²) < 4.78 is 39.1. The van der Waals surface area contributed by atoms with Gasteiger partial charge >= 0.3 is 0 Å². The number of pyridine rings is 1. The number of likely N-dealkylation sites (N-methyl/N-ethyl adjacent to an activating group) is 1. The van der Waals surface area contributed by atoms with Crippen molar-refractivity contribution in [2.75, 3.05) is 50.6 Å². The van der Waals surface area contributed by atoms with Crippen molar-refractivity contribution in [3.8, 4) is 11.6 Å².